The molecule has 1 aliphatic heterocycles. The summed E-state index contributed by atoms with van der Waals surface area (Å²) in [6, 6.07) is 16.2. The molecule has 4 rings (SSSR count). The van der Waals surface area contributed by atoms with Crippen LogP contribution in [0.2, 0.25) is 0 Å². The van der Waals surface area contributed by atoms with E-state index in [-0.39, 0.29) is 23.3 Å². The molecule has 1 fully saturated rings. The zero-order valence-electron chi connectivity index (χ0n) is 14.9. The van der Waals surface area contributed by atoms with Gasteiger partial charge >= 0.3 is 0 Å². The molecule has 0 saturated carbocycles. The minimum atomic E-state index is -0.283. The van der Waals surface area contributed by atoms with E-state index in [9.17, 15) is 9.59 Å². The lowest BCUT2D eigenvalue weighted by Crippen LogP contribution is -2.31. The summed E-state index contributed by atoms with van der Waals surface area (Å²) in [7, 11) is 0. The van der Waals surface area contributed by atoms with E-state index in [0.29, 0.717) is 23.0 Å². The third-order valence-corrected chi connectivity index (χ3v) is 4.80. The lowest BCUT2D eigenvalue weighted by Gasteiger charge is -2.12. The highest BCUT2D eigenvalue weighted by Gasteiger charge is 2.19. The lowest BCUT2D eigenvalue weighted by atomic mass is 10.1. The summed E-state index contributed by atoms with van der Waals surface area (Å²) < 4.78 is 6.88. The van der Waals surface area contributed by atoms with Gasteiger partial charge in [0.25, 0.3) is 11.5 Å². The maximum atomic E-state index is 12.8. The summed E-state index contributed by atoms with van der Waals surface area (Å²) >= 11 is 0. The van der Waals surface area contributed by atoms with E-state index in [4.69, 9.17) is 4.74 Å². The molecule has 1 saturated heterocycles. The Labute approximate surface area is 156 Å². The summed E-state index contributed by atoms with van der Waals surface area (Å²) in [4.78, 5) is 25.6. The SMILES string of the molecule is O=C(NCC[C@H]1CCCO1)c1nn(-c2ccccc2)c(=O)c2ccccc12. The fourth-order valence-electron chi connectivity index (χ4n) is 3.40. The van der Waals surface area contributed by atoms with Crippen LogP contribution in [0.1, 0.15) is 29.8 Å². The van der Waals surface area contributed by atoms with Gasteiger partial charge in [-0.05, 0) is 37.5 Å². The van der Waals surface area contributed by atoms with Crippen LogP contribution in [-0.2, 0) is 4.74 Å². The molecule has 138 valence electrons. The minimum Gasteiger partial charge on any atom is -0.378 e. The van der Waals surface area contributed by atoms with E-state index in [1.165, 1.54) is 4.68 Å². The van der Waals surface area contributed by atoms with Crippen molar-refractivity contribution in [2.24, 2.45) is 0 Å². The number of hydrogen-bond acceptors (Lipinski definition) is 4. The number of amides is 1. The van der Waals surface area contributed by atoms with Crippen molar-refractivity contribution in [3.63, 3.8) is 0 Å². The first-order chi connectivity index (χ1) is 13.2. The summed E-state index contributed by atoms with van der Waals surface area (Å²) in [6.45, 7) is 1.32. The van der Waals surface area contributed by atoms with Crippen molar-refractivity contribution >= 4 is 16.7 Å². The van der Waals surface area contributed by atoms with Crippen molar-refractivity contribution in [3.05, 3.63) is 70.6 Å². The number of rotatable bonds is 5. The summed E-state index contributed by atoms with van der Waals surface area (Å²) in [5.74, 6) is -0.283. The smallest absolute Gasteiger partial charge is 0.279 e. The maximum Gasteiger partial charge on any atom is 0.279 e. The average Bonchev–Trinajstić information content (AvgIpc) is 3.22. The van der Waals surface area contributed by atoms with Gasteiger partial charge in [-0.15, -0.1) is 0 Å². The minimum absolute atomic E-state index is 0.216. The summed E-state index contributed by atoms with van der Waals surface area (Å²) in [5.41, 5.74) is 0.635. The molecule has 0 unspecified atom stereocenters. The van der Waals surface area contributed by atoms with E-state index in [2.05, 4.69) is 10.4 Å². The van der Waals surface area contributed by atoms with Crippen LogP contribution < -0.4 is 10.9 Å². The number of hydrogen-bond donors (Lipinski definition) is 1. The quantitative estimate of drug-likeness (QED) is 0.756. The molecule has 3 aromatic rings. The van der Waals surface area contributed by atoms with Gasteiger partial charge in [0, 0.05) is 18.5 Å². The zero-order chi connectivity index (χ0) is 18.6. The number of carbonyl (C=O) groups excluding carboxylic acids is 1. The lowest BCUT2D eigenvalue weighted by molar-refractivity contribution is 0.0903. The summed E-state index contributed by atoms with van der Waals surface area (Å²) in [5, 5.41) is 8.33. The highest BCUT2D eigenvalue weighted by molar-refractivity contribution is 6.04. The molecule has 27 heavy (non-hydrogen) atoms. The summed E-state index contributed by atoms with van der Waals surface area (Å²) in [6.07, 6.45) is 3.11. The Morgan fingerprint density at radius 3 is 2.59 bits per heavy atom. The molecule has 0 bridgehead atoms. The first kappa shape index (κ1) is 17.4. The van der Waals surface area contributed by atoms with Crippen LogP contribution in [0.15, 0.2) is 59.4 Å². The largest absolute Gasteiger partial charge is 0.378 e. The third-order valence-electron chi connectivity index (χ3n) is 4.80. The highest BCUT2D eigenvalue weighted by Crippen LogP contribution is 2.16. The zero-order valence-corrected chi connectivity index (χ0v) is 14.9. The number of carbonyl (C=O) groups is 1. The molecule has 6 heteroatoms. The molecule has 1 N–H and O–H groups in total. The highest BCUT2D eigenvalue weighted by atomic mass is 16.5. The van der Waals surface area contributed by atoms with E-state index >= 15 is 0 Å². The number of ether oxygens (including phenoxy) is 1. The van der Waals surface area contributed by atoms with Gasteiger partial charge in [-0.2, -0.15) is 9.78 Å². The predicted octanol–water partition coefficient (Wildman–Crippen LogP) is 2.68. The monoisotopic (exact) mass is 363 g/mol. The maximum absolute atomic E-state index is 12.8. The van der Waals surface area contributed by atoms with Crippen LogP contribution in [0.3, 0.4) is 0 Å². The van der Waals surface area contributed by atoms with Gasteiger partial charge in [0.2, 0.25) is 0 Å². The van der Waals surface area contributed by atoms with Gasteiger partial charge in [-0.25, -0.2) is 0 Å². The molecular formula is C21H21N3O3. The molecular weight excluding hydrogens is 342 g/mol. The second-order valence-electron chi connectivity index (χ2n) is 6.63. The second-order valence-corrected chi connectivity index (χ2v) is 6.63. The molecule has 0 radical (unpaired) electrons. The van der Waals surface area contributed by atoms with Crippen LogP contribution in [0, 0.1) is 0 Å². The van der Waals surface area contributed by atoms with Crippen molar-refractivity contribution in [1.29, 1.82) is 0 Å². The van der Waals surface area contributed by atoms with E-state index in [1.807, 2.05) is 18.2 Å². The third kappa shape index (κ3) is 3.61. The van der Waals surface area contributed by atoms with Crippen molar-refractivity contribution < 1.29 is 9.53 Å². The number of nitrogens with one attached hydrogen (secondary N) is 1. The Kier molecular flexibility index (Phi) is 4.98. The first-order valence-electron chi connectivity index (χ1n) is 9.21. The Morgan fingerprint density at radius 2 is 1.85 bits per heavy atom. The number of benzene rings is 2. The molecule has 1 amide bonds. The first-order valence-corrected chi connectivity index (χ1v) is 9.21. The van der Waals surface area contributed by atoms with Gasteiger partial charge in [-0.3, -0.25) is 9.59 Å². The molecule has 0 aliphatic carbocycles. The average molecular weight is 363 g/mol. The normalized spacial score (nSPS) is 16.5. The van der Waals surface area contributed by atoms with Crippen LogP contribution in [0.4, 0.5) is 0 Å². The Bertz CT molecular complexity index is 1010. The second kappa shape index (κ2) is 7.72. The molecule has 1 atom stereocenters. The number of aromatic nitrogens is 2. The molecule has 1 aliphatic rings. The van der Waals surface area contributed by atoms with E-state index < -0.39 is 0 Å². The Balaban J connectivity index is 1.67. The van der Waals surface area contributed by atoms with Gasteiger partial charge in [-0.1, -0.05) is 36.4 Å². The fraction of sp³-hybridized carbons (Fsp3) is 0.286. The molecule has 0 spiro atoms. The van der Waals surface area contributed by atoms with E-state index in [1.54, 1.807) is 36.4 Å². The molecule has 2 aromatic carbocycles. The van der Waals surface area contributed by atoms with Gasteiger partial charge in [0.05, 0.1) is 17.2 Å². The van der Waals surface area contributed by atoms with Crippen LogP contribution in [-0.4, -0.2) is 34.9 Å². The van der Waals surface area contributed by atoms with Gasteiger partial charge in [0.15, 0.2) is 5.69 Å². The standard InChI is InChI=1S/C21H21N3O3/c25-20(22-13-12-16-9-6-14-27-16)19-17-10-4-5-11-18(17)21(26)24(23-19)15-7-2-1-3-8-15/h1-5,7-8,10-11,16H,6,9,12-14H2,(H,22,25)/t16-/m1/s1. The Morgan fingerprint density at radius 1 is 1.11 bits per heavy atom. The Hall–Kier alpha value is -2.99. The van der Waals surface area contributed by atoms with E-state index in [0.717, 1.165) is 25.9 Å². The van der Waals surface area contributed by atoms with Crippen LogP contribution in [0.5, 0.6) is 0 Å². The van der Waals surface area contributed by atoms with Crippen LogP contribution >= 0.6 is 0 Å². The van der Waals surface area contributed by atoms with Crippen molar-refractivity contribution in [1.82, 2.24) is 15.1 Å². The molecule has 1 aromatic heterocycles. The van der Waals surface area contributed by atoms with Gasteiger partial charge in [0.1, 0.15) is 0 Å². The van der Waals surface area contributed by atoms with Crippen molar-refractivity contribution in [2.75, 3.05) is 13.2 Å². The fourth-order valence-corrected chi connectivity index (χ4v) is 3.40. The van der Waals surface area contributed by atoms with Crippen LogP contribution in [0.25, 0.3) is 16.5 Å². The molecule has 2 heterocycles. The number of para-hydroxylation sites is 1. The number of nitrogens with zero attached hydrogens (tertiary/aromatic N) is 2. The predicted molar refractivity (Wildman–Crippen MR) is 103 cm³/mol. The van der Waals surface area contributed by atoms with Crippen molar-refractivity contribution in [2.45, 2.75) is 25.4 Å². The molecule has 6 nitrogen and oxygen atoms in total. The topological polar surface area (TPSA) is 73.2 Å². The van der Waals surface area contributed by atoms with Crippen molar-refractivity contribution in [3.8, 4) is 5.69 Å². The van der Waals surface area contributed by atoms with Gasteiger partial charge < -0.3 is 10.1 Å². The number of fused-ring (bicyclic) bond motifs is 1.